The number of aromatic amines is 1. The van der Waals surface area contributed by atoms with Gasteiger partial charge in [0.05, 0.1) is 0 Å². The lowest BCUT2D eigenvalue weighted by Crippen LogP contribution is -2.24. The summed E-state index contributed by atoms with van der Waals surface area (Å²) in [4.78, 5) is 14.8. The fourth-order valence-electron chi connectivity index (χ4n) is 1.47. The molecule has 2 N–H and O–H groups in total. The van der Waals surface area contributed by atoms with Crippen LogP contribution in [0.15, 0.2) is 41.5 Å². The first-order chi connectivity index (χ1) is 7.66. The van der Waals surface area contributed by atoms with E-state index in [4.69, 9.17) is 0 Å². The van der Waals surface area contributed by atoms with E-state index in [0.717, 1.165) is 15.4 Å². The number of fused-ring (bicyclic) bond motifs is 1. The standard InChI is InChI=1S/C12H11BrN2O/c1-8(13)7-15-12(16)10-2-3-11-9(6-10)4-5-14-11/h2-6,14H,1,7H2,(H,15,16). The van der Waals surface area contributed by atoms with Crippen LogP contribution in [0.4, 0.5) is 0 Å². The number of H-pyrrole nitrogens is 1. The number of rotatable bonds is 3. The summed E-state index contributed by atoms with van der Waals surface area (Å²) in [6.07, 6.45) is 1.85. The molecule has 16 heavy (non-hydrogen) atoms. The van der Waals surface area contributed by atoms with Gasteiger partial charge in [-0.15, -0.1) is 0 Å². The molecule has 0 saturated heterocycles. The van der Waals surface area contributed by atoms with Gasteiger partial charge in [0.15, 0.2) is 0 Å². The maximum Gasteiger partial charge on any atom is 0.251 e. The maximum atomic E-state index is 11.7. The van der Waals surface area contributed by atoms with Crippen LogP contribution >= 0.6 is 15.9 Å². The zero-order valence-electron chi connectivity index (χ0n) is 8.59. The molecule has 0 radical (unpaired) electrons. The molecule has 82 valence electrons. The van der Waals surface area contributed by atoms with E-state index in [-0.39, 0.29) is 5.91 Å². The van der Waals surface area contributed by atoms with Gasteiger partial charge in [-0.25, -0.2) is 0 Å². The number of halogens is 1. The second-order valence-corrected chi connectivity index (χ2v) is 4.60. The SMILES string of the molecule is C=C(Br)CNC(=O)c1ccc2[nH]ccc2c1. The fraction of sp³-hybridized carbons (Fsp3) is 0.0833. The van der Waals surface area contributed by atoms with E-state index in [1.54, 1.807) is 6.07 Å². The van der Waals surface area contributed by atoms with E-state index >= 15 is 0 Å². The molecule has 1 heterocycles. The summed E-state index contributed by atoms with van der Waals surface area (Å²) in [5, 5.41) is 3.79. The van der Waals surface area contributed by atoms with Crippen LogP contribution in [0.25, 0.3) is 10.9 Å². The van der Waals surface area contributed by atoms with Crippen molar-refractivity contribution in [3.63, 3.8) is 0 Å². The molecular formula is C12H11BrN2O. The molecule has 0 atom stereocenters. The topological polar surface area (TPSA) is 44.9 Å². The van der Waals surface area contributed by atoms with Gasteiger partial charge in [-0.05, 0) is 24.3 Å². The van der Waals surface area contributed by atoms with E-state index in [9.17, 15) is 4.79 Å². The molecule has 0 aliphatic carbocycles. The summed E-state index contributed by atoms with van der Waals surface area (Å²) >= 11 is 3.19. The van der Waals surface area contributed by atoms with E-state index < -0.39 is 0 Å². The summed E-state index contributed by atoms with van der Waals surface area (Å²) < 4.78 is 0.753. The van der Waals surface area contributed by atoms with Crippen molar-refractivity contribution in [2.45, 2.75) is 0 Å². The number of benzene rings is 1. The molecule has 0 unspecified atom stereocenters. The van der Waals surface area contributed by atoms with Crippen LogP contribution in [-0.2, 0) is 0 Å². The first-order valence-corrected chi connectivity index (χ1v) is 5.65. The third kappa shape index (κ3) is 2.33. The smallest absolute Gasteiger partial charge is 0.251 e. The zero-order chi connectivity index (χ0) is 11.5. The number of hydrogen-bond donors (Lipinski definition) is 2. The van der Waals surface area contributed by atoms with Crippen LogP contribution in [0.2, 0.25) is 0 Å². The molecule has 2 aromatic rings. The Morgan fingerprint density at radius 2 is 2.25 bits per heavy atom. The number of amides is 1. The number of carbonyl (C=O) groups is 1. The molecular weight excluding hydrogens is 268 g/mol. The molecule has 1 amide bonds. The van der Waals surface area contributed by atoms with Gasteiger partial charge in [0.2, 0.25) is 0 Å². The van der Waals surface area contributed by atoms with Gasteiger partial charge < -0.3 is 10.3 Å². The molecule has 2 rings (SSSR count). The van der Waals surface area contributed by atoms with E-state index in [1.165, 1.54) is 0 Å². The largest absolute Gasteiger partial charge is 0.361 e. The van der Waals surface area contributed by atoms with Crippen LogP contribution < -0.4 is 5.32 Å². The Bertz CT molecular complexity index is 545. The average Bonchev–Trinajstić information content (AvgIpc) is 2.72. The van der Waals surface area contributed by atoms with E-state index in [0.29, 0.717) is 12.1 Å². The summed E-state index contributed by atoms with van der Waals surface area (Å²) in [6, 6.07) is 7.49. The van der Waals surface area contributed by atoms with Gasteiger partial charge in [0.25, 0.3) is 5.91 Å². The number of nitrogens with one attached hydrogen (secondary N) is 2. The molecule has 0 spiro atoms. The van der Waals surface area contributed by atoms with E-state index in [2.05, 4.69) is 32.8 Å². The van der Waals surface area contributed by atoms with Gasteiger partial charge in [-0.1, -0.05) is 22.5 Å². The Morgan fingerprint density at radius 1 is 1.44 bits per heavy atom. The van der Waals surface area contributed by atoms with Gasteiger partial charge in [0.1, 0.15) is 0 Å². The molecule has 1 aromatic carbocycles. The lowest BCUT2D eigenvalue weighted by molar-refractivity contribution is 0.0958. The minimum Gasteiger partial charge on any atom is -0.361 e. The predicted molar refractivity (Wildman–Crippen MR) is 68.7 cm³/mol. The minimum absolute atomic E-state index is 0.0938. The van der Waals surface area contributed by atoms with Crippen LogP contribution in [0.5, 0.6) is 0 Å². The normalized spacial score (nSPS) is 10.3. The quantitative estimate of drug-likeness (QED) is 0.891. The Hall–Kier alpha value is -1.55. The van der Waals surface area contributed by atoms with E-state index in [1.807, 2.05) is 24.4 Å². The van der Waals surface area contributed by atoms with Crippen molar-refractivity contribution in [1.29, 1.82) is 0 Å². The van der Waals surface area contributed by atoms with Crippen LogP contribution in [-0.4, -0.2) is 17.4 Å². The lowest BCUT2D eigenvalue weighted by Gasteiger charge is -2.03. The van der Waals surface area contributed by atoms with Gasteiger partial charge in [-0.2, -0.15) is 0 Å². The number of aromatic nitrogens is 1. The molecule has 1 aromatic heterocycles. The zero-order valence-corrected chi connectivity index (χ0v) is 10.2. The number of hydrogen-bond acceptors (Lipinski definition) is 1. The number of carbonyl (C=O) groups excluding carboxylic acids is 1. The van der Waals surface area contributed by atoms with Crippen molar-refractivity contribution in [1.82, 2.24) is 10.3 Å². The average molecular weight is 279 g/mol. The predicted octanol–water partition coefficient (Wildman–Crippen LogP) is 2.81. The maximum absolute atomic E-state index is 11.7. The van der Waals surface area contributed by atoms with Crippen molar-refractivity contribution in [3.05, 3.63) is 47.1 Å². The first kappa shape index (κ1) is 11.0. The van der Waals surface area contributed by atoms with Crippen LogP contribution in [0.1, 0.15) is 10.4 Å². The molecule has 4 heteroatoms. The highest BCUT2D eigenvalue weighted by atomic mass is 79.9. The minimum atomic E-state index is -0.0938. The highest BCUT2D eigenvalue weighted by Crippen LogP contribution is 2.14. The molecule has 0 aliphatic rings. The summed E-state index contributed by atoms with van der Waals surface area (Å²) in [7, 11) is 0. The summed E-state index contributed by atoms with van der Waals surface area (Å²) in [5.74, 6) is -0.0938. The Balaban J connectivity index is 2.19. The fourth-order valence-corrected chi connectivity index (χ4v) is 1.61. The Morgan fingerprint density at radius 3 is 3.00 bits per heavy atom. The molecule has 0 bridgehead atoms. The molecule has 0 saturated carbocycles. The van der Waals surface area contributed by atoms with Gasteiger partial charge in [0, 0.05) is 33.7 Å². The van der Waals surface area contributed by atoms with Gasteiger partial charge in [-0.3, -0.25) is 4.79 Å². The van der Waals surface area contributed by atoms with Crippen molar-refractivity contribution < 1.29 is 4.79 Å². The second-order valence-electron chi connectivity index (χ2n) is 3.48. The molecule has 0 aliphatic heterocycles. The molecule has 3 nitrogen and oxygen atoms in total. The van der Waals surface area contributed by atoms with Crippen molar-refractivity contribution in [3.8, 4) is 0 Å². The Kier molecular flexibility index (Phi) is 3.10. The second kappa shape index (κ2) is 4.53. The summed E-state index contributed by atoms with van der Waals surface area (Å²) in [6.45, 7) is 4.09. The first-order valence-electron chi connectivity index (χ1n) is 4.85. The lowest BCUT2D eigenvalue weighted by atomic mass is 10.1. The van der Waals surface area contributed by atoms with Crippen LogP contribution in [0, 0.1) is 0 Å². The Labute approximate surface area is 102 Å². The highest BCUT2D eigenvalue weighted by Gasteiger charge is 2.05. The third-order valence-electron chi connectivity index (χ3n) is 2.26. The van der Waals surface area contributed by atoms with Crippen LogP contribution in [0.3, 0.4) is 0 Å². The monoisotopic (exact) mass is 278 g/mol. The van der Waals surface area contributed by atoms with Crippen molar-refractivity contribution in [2.75, 3.05) is 6.54 Å². The van der Waals surface area contributed by atoms with Gasteiger partial charge >= 0.3 is 0 Å². The van der Waals surface area contributed by atoms with Crippen molar-refractivity contribution >= 4 is 32.7 Å². The van der Waals surface area contributed by atoms with Crippen molar-refractivity contribution in [2.24, 2.45) is 0 Å². The summed E-state index contributed by atoms with van der Waals surface area (Å²) in [5.41, 5.74) is 1.68. The third-order valence-corrected chi connectivity index (χ3v) is 2.54. The molecule has 0 fully saturated rings. The highest BCUT2D eigenvalue weighted by molar-refractivity contribution is 9.11.